The number of aliphatic hydroxyl groups excluding tert-OH is 2. The standard InChI is InChI=1S/C8H18O.C4H10O3/c1-5-6-7-9-8(2,3)4;5-1-3-7-4-2-6/h5-7H2,1-4H3;5-6H,1-4H2. The Hall–Kier alpha value is -0.160. The highest BCUT2D eigenvalue weighted by atomic mass is 16.5. The van der Waals surface area contributed by atoms with Crippen LogP contribution in [0.25, 0.3) is 0 Å². The zero-order valence-electron chi connectivity index (χ0n) is 11.2. The van der Waals surface area contributed by atoms with Crippen molar-refractivity contribution in [1.29, 1.82) is 0 Å². The van der Waals surface area contributed by atoms with Crippen molar-refractivity contribution in [3.05, 3.63) is 0 Å². The maximum absolute atomic E-state index is 8.09. The molecule has 0 radical (unpaired) electrons. The molecular weight excluding hydrogens is 208 g/mol. The number of hydrogen-bond acceptors (Lipinski definition) is 4. The molecule has 0 aliphatic heterocycles. The second-order valence-electron chi connectivity index (χ2n) is 4.37. The van der Waals surface area contributed by atoms with Gasteiger partial charge in [-0.1, -0.05) is 13.3 Å². The average molecular weight is 236 g/mol. The molecule has 0 heterocycles. The minimum Gasteiger partial charge on any atom is -0.394 e. The molecule has 0 saturated heterocycles. The molecule has 0 amide bonds. The van der Waals surface area contributed by atoms with E-state index in [9.17, 15) is 0 Å². The van der Waals surface area contributed by atoms with Crippen molar-refractivity contribution >= 4 is 0 Å². The second kappa shape index (κ2) is 12.9. The van der Waals surface area contributed by atoms with Crippen LogP contribution < -0.4 is 0 Å². The van der Waals surface area contributed by atoms with E-state index in [-0.39, 0.29) is 18.8 Å². The van der Waals surface area contributed by atoms with Crippen molar-refractivity contribution in [3.63, 3.8) is 0 Å². The van der Waals surface area contributed by atoms with Crippen LogP contribution in [0.4, 0.5) is 0 Å². The fourth-order valence-corrected chi connectivity index (χ4v) is 0.754. The maximum atomic E-state index is 8.09. The molecule has 4 nitrogen and oxygen atoms in total. The van der Waals surface area contributed by atoms with E-state index in [2.05, 4.69) is 32.4 Å². The molecule has 0 aromatic heterocycles. The van der Waals surface area contributed by atoms with Crippen LogP contribution in [0.5, 0.6) is 0 Å². The van der Waals surface area contributed by atoms with Crippen LogP contribution in [0.15, 0.2) is 0 Å². The molecule has 0 saturated carbocycles. The third-order valence-electron chi connectivity index (χ3n) is 1.50. The molecule has 16 heavy (non-hydrogen) atoms. The number of ether oxygens (including phenoxy) is 2. The Morgan fingerprint density at radius 3 is 1.75 bits per heavy atom. The molecule has 0 aliphatic carbocycles. The normalized spacial score (nSPS) is 10.9. The Bertz CT molecular complexity index is 117. The highest BCUT2D eigenvalue weighted by Crippen LogP contribution is 2.06. The Morgan fingerprint density at radius 1 is 0.938 bits per heavy atom. The number of rotatable bonds is 7. The molecule has 0 aliphatic rings. The lowest BCUT2D eigenvalue weighted by Gasteiger charge is -2.18. The fourth-order valence-electron chi connectivity index (χ4n) is 0.754. The molecule has 0 aromatic carbocycles. The maximum Gasteiger partial charge on any atom is 0.0698 e. The second-order valence-corrected chi connectivity index (χ2v) is 4.37. The van der Waals surface area contributed by atoms with E-state index in [1.165, 1.54) is 12.8 Å². The molecular formula is C12H28O4. The minimum atomic E-state index is 0.0278. The topological polar surface area (TPSA) is 58.9 Å². The third-order valence-corrected chi connectivity index (χ3v) is 1.50. The van der Waals surface area contributed by atoms with Gasteiger partial charge in [0, 0.05) is 6.61 Å². The Morgan fingerprint density at radius 2 is 1.44 bits per heavy atom. The van der Waals surface area contributed by atoms with Crippen LogP contribution in [0.3, 0.4) is 0 Å². The lowest BCUT2D eigenvalue weighted by Crippen LogP contribution is -2.19. The largest absolute Gasteiger partial charge is 0.394 e. The van der Waals surface area contributed by atoms with Crippen LogP contribution in [0, 0.1) is 0 Å². The predicted molar refractivity (Wildman–Crippen MR) is 65.6 cm³/mol. The van der Waals surface area contributed by atoms with Gasteiger partial charge in [0.2, 0.25) is 0 Å². The molecule has 0 unspecified atom stereocenters. The van der Waals surface area contributed by atoms with E-state index < -0.39 is 0 Å². The van der Waals surface area contributed by atoms with Crippen LogP contribution in [-0.4, -0.2) is 48.8 Å². The SMILES string of the molecule is CCCCOC(C)(C)C.OCCOCCO. The summed E-state index contributed by atoms with van der Waals surface area (Å²) in [7, 11) is 0. The zero-order chi connectivity index (χ0) is 12.9. The van der Waals surface area contributed by atoms with Gasteiger partial charge in [0.25, 0.3) is 0 Å². The van der Waals surface area contributed by atoms with E-state index in [4.69, 9.17) is 14.9 Å². The fraction of sp³-hybridized carbons (Fsp3) is 1.00. The van der Waals surface area contributed by atoms with Gasteiger partial charge in [-0.25, -0.2) is 0 Å². The summed E-state index contributed by atoms with van der Waals surface area (Å²) >= 11 is 0. The van der Waals surface area contributed by atoms with Crippen molar-refractivity contribution in [2.45, 2.75) is 46.1 Å². The van der Waals surface area contributed by atoms with Gasteiger partial charge < -0.3 is 19.7 Å². The van der Waals surface area contributed by atoms with E-state index >= 15 is 0 Å². The van der Waals surface area contributed by atoms with E-state index in [0.29, 0.717) is 13.2 Å². The Balaban J connectivity index is 0. The van der Waals surface area contributed by atoms with Gasteiger partial charge in [-0.3, -0.25) is 0 Å². The van der Waals surface area contributed by atoms with Crippen LogP contribution in [-0.2, 0) is 9.47 Å². The highest BCUT2D eigenvalue weighted by Gasteiger charge is 2.07. The van der Waals surface area contributed by atoms with Gasteiger partial charge in [-0.15, -0.1) is 0 Å². The summed E-state index contributed by atoms with van der Waals surface area (Å²) in [6, 6.07) is 0. The molecule has 0 aromatic rings. The Labute approximate surface area is 99.6 Å². The first-order chi connectivity index (χ1) is 7.47. The van der Waals surface area contributed by atoms with Crippen molar-refractivity contribution < 1.29 is 19.7 Å². The Kier molecular flexibility index (Phi) is 14.7. The molecule has 0 atom stereocenters. The number of aliphatic hydroxyl groups is 2. The summed E-state index contributed by atoms with van der Waals surface area (Å²) in [4.78, 5) is 0. The summed E-state index contributed by atoms with van der Waals surface area (Å²) in [6.45, 7) is 10.0. The molecule has 4 heteroatoms. The van der Waals surface area contributed by atoms with Gasteiger partial charge in [-0.2, -0.15) is 0 Å². The summed E-state index contributed by atoms with van der Waals surface area (Å²) in [6.07, 6.45) is 2.40. The van der Waals surface area contributed by atoms with Crippen molar-refractivity contribution in [3.8, 4) is 0 Å². The third kappa shape index (κ3) is 23.6. The van der Waals surface area contributed by atoms with E-state index in [1.54, 1.807) is 0 Å². The number of hydrogen-bond donors (Lipinski definition) is 2. The van der Waals surface area contributed by atoms with E-state index in [1.807, 2.05) is 0 Å². The highest BCUT2D eigenvalue weighted by molar-refractivity contribution is 4.57. The monoisotopic (exact) mass is 236 g/mol. The van der Waals surface area contributed by atoms with Gasteiger partial charge >= 0.3 is 0 Å². The minimum absolute atomic E-state index is 0.0278. The van der Waals surface area contributed by atoms with Crippen LogP contribution in [0.2, 0.25) is 0 Å². The first-order valence-electron chi connectivity index (χ1n) is 5.91. The lowest BCUT2D eigenvalue weighted by molar-refractivity contribution is -0.00415. The quantitative estimate of drug-likeness (QED) is 0.659. The van der Waals surface area contributed by atoms with E-state index in [0.717, 1.165) is 6.61 Å². The van der Waals surface area contributed by atoms with Crippen molar-refractivity contribution in [2.75, 3.05) is 33.0 Å². The molecule has 0 bridgehead atoms. The van der Waals surface area contributed by atoms with Crippen LogP contribution >= 0.6 is 0 Å². The predicted octanol–water partition coefficient (Wildman–Crippen LogP) is 1.59. The molecule has 100 valence electrons. The smallest absolute Gasteiger partial charge is 0.0698 e. The summed E-state index contributed by atoms with van der Waals surface area (Å²) in [5.41, 5.74) is 0.0508. The molecule has 0 fully saturated rings. The van der Waals surface area contributed by atoms with Gasteiger partial charge in [0.1, 0.15) is 0 Å². The van der Waals surface area contributed by atoms with Gasteiger partial charge in [0.05, 0.1) is 32.0 Å². The van der Waals surface area contributed by atoms with Crippen molar-refractivity contribution in [2.24, 2.45) is 0 Å². The molecule has 0 rings (SSSR count). The van der Waals surface area contributed by atoms with Crippen molar-refractivity contribution in [1.82, 2.24) is 0 Å². The zero-order valence-corrected chi connectivity index (χ0v) is 11.2. The summed E-state index contributed by atoms with van der Waals surface area (Å²) < 4.78 is 10.1. The summed E-state index contributed by atoms with van der Waals surface area (Å²) in [5, 5.41) is 16.2. The van der Waals surface area contributed by atoms with Crippen LogP contribution in [0.1, 0.15) is 40.5 Å². The first kappa shape index (κ1) is 18.2. The molecule has 2 N–H and O–H groups in total. The average Bonchev–Trinajstić information content (AvgIpc) is 2.18. The van der Waals surface area contributed by atoms with Gasteiger partial charge in [0.15, 0.2) is 0 Å². The van der Waals surface area contributed by atoms with Gasteiger partial charge in [-0.05, 0) is 27.2 Å². The number of unbranched alkanes of at least 4 members (excludes halogenated alkanes) is 1. The lowest BCUT2D eigenvalue weighted by atomic mass is 10.2. The summed E-state index contributed by atoms with van der Waals surface area (Å²) in [5.74, 6) is 0. The molecule has 0 spiro atoms. The first-order valence-corrected chi connectivity index (χ1v) is 5.91.